The van der Waals surface area contributed by atoms with Gasteiger partial charge in [-0.15, -0.1) is 0 Å². The molecule has 1 N–H and O–H groups in total. The molecular weight excluding hydrogens is 419 g/mol. The van der Waals surface area contributed by atoms with Gasteiger partial charge in [-0.1, -0.05) is 53.5 Å². The Bertz CT molecular complexity index is 943. The molecule has 0 aliphatic carbocycles. The molecule has 0 radical (unpaired) electrons. The molecule has 1 saturated heterocycles. The van der Waals surface area contributed by atoms with Crippen molar-refractivity contribution in [2.24, 2.45) is 5.92 Å². The third-order valence-corrected chi connectivity index (χ3v) is 7.61. The lowest BCUT2D eigenvalue weighted by atomic mass is 9.96. The van der Waals surface area contributed by atoms with Gasteiger partial charge in [0.25, 0.3) is 0 Å². The quantitative estimate of drug-likeness (QED) is 0.754. The van der Waals surface area contributed by atoms with Crippen LogP contribution >= 0.6 is 23.2 Å². The Balaban J connectivity index is 1.62. The van der Waals surface area contributed by atoms with Gasteiger partial charge in [0.2, 0.25) is 15.9 Å². The van der Waals surface area contributed by atoms with Gasteiger partial charge in [0, 0.05) is 24.0 Å². The third-order valence-electron chi connectivity index (χ3n) is 4.99. The van der Waals surface area contributed by atoms with Gasteiger partial charge in [-0.25, -0.2) is 8.42 Å². The lowest BCUT2D eigenvalue weighted by Crippen LogP contribution is -2.43. The number of rotatable bonds is 5. The summed E-state index contributed by atoms with van der Waals surface area (Å²) in [6.45, 7) is 2.47. The first-order valence-corrected chi connectivity index (χ1v) is 11.3. The summed E-state index contributed by atoms with van der Waals surface area (Å²) in [5.41, 5.74) is 1.03. The predicted molar refractivity (Wildman–Crippen MR) is 111 cm³/mol. The van der Waals surface area contributed by atoms with E-state index in [1.54, 1.807) is 6.07 Å². The molecule has 5 nitrogen and oxygen atoms in total. The number of hydrogen-bond acceptors (Lipinski definition) is 3. The molecule has 2 aromatic carbocycles. The van der Waals surface area contributed by atoms with E-state index in [1.165, 1.54) is 16.4 Å². The Kier molecular flexibility index (Phi) is 6.65. The zero-order valence-electron chi connectivity index (χ0n) is 15.4. The second-order valence-electron chi connectivity index (χ2n) is 6.89. The maximum Gasteiger partial charge on any atom is 0.244 e. The fourth-order valence-electron chi connectivity index (χ4n) is 3.33. The predicted octanol–water partition coefficient (Wildman–Crippen LogP) is 4.27. The van der Waals surface area contributed by atoms with Crippen molar-refractivity contribution in [3.05, 3.63) is 64.1 Å². The SMILES string of the molecule is C[C@@H](NC(=O)C1CCN(S(=O)(=O)c2cc(Cl)ccc2Cl)CC1)c1ccccc1. The van der Waals surface area contributed by atoms with Crippen molar-refractivity contribution in [2.75, 3.05) is 13.1 Å². The van der Waals surface area contributed by atoms with Gasteiger partial charge < -0.3 is 5.32 Å². The Hall–Kier alpha value is -1.60. The van der Waals surface area contributed by atoms with Crippen LogP contribution in [0.5, 0.6) is 0 Å². The van der Waals surface area contributed by atoms with E-state index < -0.39 is 10.0 Å². The van der Waals surface area contributed by atoms with Crippen LogP contribution in [0.4, 0.5) is 0 Å². The Morgan fingerprint density at radius 2 is 1.75 bits per heavy atom. The Labute approximate surface area is 175 Å². The monoisotopic (exact) mass is 440 g/mol. The van der Waals surface area contributed by atoms with Gasteiger partial charge in [-0.05, 0) is 43.5 Å². The molecule has 1 fully saturated rings. The topological polar surface area (TPSA) is 66.5 Å². The number of carbonyl (C=O) groups is 1. The number of nitrogens with zero attached hydrogens (tertiary/aromatic N) is 1. The van der Waals surface area contributed by atoms with E-state index in [0.717, 1.165) is 5.56 Å². The van der Waals surface area contributed by atoms with Crippen molar-refractivity contribution in [3.63, 3.8) is 0 Å². The van der Waals surface area contributed by atoms with Gasteiger partial charge in [-0.3, -0.25) is 4.79 Å². The normalized spacial score (nSPS) is 17.2. The molecule has 1 heterocycles. The van der Waals surface area contributed by atoms with Crippen LogP contribution in [0.1, 0.15) is 31.4 Å². The van der Waals surface area contributed by atoms with Crippen molar-refractivity contribution in [1.82, 2.24) is 9.62 Å². The number of carbonyl (C=O) groups excluding carboxylic acids is 1. The third kappa shape index (κ3) is 4.69. The number of hydrogen-bond donors (Lipinski definition) is 1. The van der Waals surface area contributed by atoms with Crippen molar-refractivity contribution < 1.29 is 13.2 Å². The highest BCUT2D eigenvalue weighted by molar-refractivity contribution is 7.89. The molecule has 0 spiro atoms. The first-order valence-electron chi connectivity index (χ1n) is 9.09. The molecule has 150 valence electrons. The molecule has 1 amide bonds. The number of halogens is 2. The molecular formula is C20H22Cl2N2O3S. The Morgan fingerprint density at radius 3 is 2.39 bits per heavy atom. The minimum atomic E-state index is -3.75. The second kappa shape index (κ2) is 8.82. The van der Waals surface area contributed by atoms with Crippen molar-refractivity contribution in [2.45, 2.75) is 30.7 Å². The average molecular weight is 441 g/mol. The molecule has 0 aromatic heterocycles. The van der Waals surface area contributed by atoms with Crippen LogP contribution < -0.4 is 5.32 Å². The lowest BCUT2D eigenvalue weighted by molar-refractivity contribution is -0.126. The maximum atomic E-state index is 12.9. The standard InChI is InChI=1S/C20H22Cl2N2O3S/c1-14(15-5-3-2-4-6-15)23-20(25)16-9-11-24(12-10-16)28(26,27)19-13-17(21)7-8-18(19)22/h2-8,13-14,16H,9-12H2,1H3,(H,23,25)/t14-/m1/s1. The highest BCUT2D eigenvalue weighted by atomic mass is 35.5. The van der Waals surface area contributed by atoms with E-state index in [1.807, 2.05) is 37.3 Å². The first-order chi connectivity index (χ1) is 13.3. The maximum absolute atomic E-state index is 12.9. The van der Waals surface area contributed by atoms with Gasteiger partial charge in [0.05, 0.1) is 11.1 Å². The number of piperidine rings is 1. The summed E-state index contributed by atoms with van der Waals surface area (Å²) in [5, 5.41) is 3.47. The van der Waals surface area contributed by atoms with E-state index in [9.17, 15) is 13.2 Å². The molecule has 3 rings (SSSR count). The zero-order valence-corrected chi connectivity index (χ0v) is 17.8. The van der Waals surface area contributed by atoms with E-state index in [-0.39, 0.29) is 40.9 Å². The molecule has 2 aromatic rings. The number of benzene rings is 2. The van der Waals surface area contributed by atoms with Gasteiger partial charge in [0.1, 0.15) is 4.90 Å². The van der Waals surface area contributed by atoms with Crippen LogP contribution in [0.15, 0.2) is 53.4 Å². The first kappa shape index (κ1) is 21.1. The van der Waals surface area contributed by atoms with Gasteiger partial charge >= 0.3 is 0 Å². The van der Waals surface area contributed by atoms with E-state index in [4.69, 9.17) is 23.2 Å². The zero-order chi connectivity index (χ0) is 20.3. The molecule has 8 heteroatoms. The summed E-state index contributed by atoms with van der Waals surface area (Å²) < 4.78 is 27.1. The minimum absolute atomic E-state index is 0.00210. The van der Waals surface area contributed by atoms with Crippen molar-refractivity contribution in [1.29, 1.82) is 0 Å². The molecule has 1 aliphatic heterocycles. The Morgan fingerprint density at radius 1 is 1.11 bits per heavy atom. The average Bonchev–Trinajstić information content (AvgIpc) is 2.70. The molecule has 0 unspecified atom stereocenters. The van der Waals surface area contributed by atoms with Crippen LogP contribution in [0, 0.1) is 5.92 Å². The summed E-state index contributed by atoms with van der Waals surface area (Å²) >= 11 is 12.0. The second-order valence-corrected chi connectivity index (χ2v) is 9.64. The molecule has 0 saturated carbocycles. The largest absolute Gasteiger partial charge is 0.349 e. The van der Waals surface area contributed by atoms with Crippen LogP contribution in [-0.4, -0.2) is 31.7 Å². The summed E-state index contributed by atoms with van der Waals surface area (Å²) in [4.78, 5) is 12.6. The van der Waals surface area contributed by atoms with Crippen LogP contribution in [0.25, 0.3) is 0 Å². The summed E-state index contributed by atoms with van der Waals surface area (Å²) in [6.07, 6.45) is 0.926. The highest BCUT2D eigenvalue weighted by Gasteiger charge is 2.33. The van der Waals surface area contributed by atoms with Crippen LogP contribution in [0.2, 0.25) is 10.0 Å². The number of sulfonamides is 1. The summed E-state index contributed by atoms with van der Waals surface area (Å²) in [6, 6.07) is 14.0. The highest BCUT2D eigenvalue weighted by Crippen LogP contribution is 2.30. The molecule has 0 bridgehead atoms. The van der Waals surface area contributed by atoms with E-state index in [2.05, 4.69) is 5.32 Å². The van der Waals surface area contributed by atoms with Crippen molar-refractivity contribution >= 4 is 39.1 Å². The summed E-state index contributed by atoms with van der Waals surface area (Å²) in [5.74, 6) is -0.262. The fraction of sp³-hybridized carbons (Fsp3) is 0.350. The molecule has 1 aliphatic rings. The fourth-order valence-corrected chi connectivity index (χ4v) is 5.54. The number of nitrogens with one attached hydrogen (secondary N) is 1. The van der Waals surface area contributed by atoms with Gasteiger partial charge in [-0.2, -0.15) is 4.31 Å². The molecule has 1 atom stereocenters. The smallest absolute Gasteiger partial charge is 0.244 e. The number of amides is 1. The van der Waals surface area contributed by atoms with Gasteiger partial charge in [0.15, 0.2) is 0 Å². The van der Waals surface area contributed by atoms with Crippen LogP contribution in [-0.2, 0) is 14.8 Å². The summed E-state index contributed by atoms with van der Waals surface area (Å²) in [7, 11) is -3.75. The van der Waals surface area contributed by atoms with E-state index in [0.29, 0.717) is 17.9 Å². The lowest BCUT2D eigenvalue weighted by Gasteiger charge is -2.31. The molecule has 28 heavy (non-hydrogen) atoms. The minimum Gasteiger partial charge on any atom is -0.349 e. The van der Waals surface area contributed by atoms with E-state index >= 15 is 0 Å². The van der Waals surface area contributed by atoms with Crippen molar-refractivity contribution in [3.8, 4) is 0 Å². The van der Waals surface area contributed by atoms with Crippen LogP contribution in [0.3, 0.4) is 0 Å².